The third-order valence-electron chi connectivity index (χ3n) is 1.85. The van der Waals surface area contributed by atoms with Gasteiger partial charge in [0.1, 0.15) is 12.2 Å². The summed E-state index contributed by atoms with van der Waals surface area (Å²) >= 11 is 5.86. The fourth-order valence-electron chi connectivity index (χ4n) is 1.23. The van der Waals surface area contributed by atoms with Crippen molar-refractivity contribution in [1.82, 2.24) is 14.8 Å². The Morgan fingerprint density at radius 1 is 1.43 bits per heavy atom. The number of aromatic nitrogens is 3. The topological polar surface area (TPSA) is 56.7 Å². The summed E-state index contributed by atoms with van der Waals surface area (Å²) in [7, 11) is 0. The van der Waals surface area contributed by atoms with Crippen LogP contribution in [0.4, 0.5) is 0 Å². The van der Waals surface area contributed by atoms with Crippen molar-refractivity contribution < 1.29 is 0 Å². The molecular formula is C9H9ClN4. The Labute approximate surface area is 86.3 Å². The van der Waals surface area contributed by atoms with Crippen LogP contribution in [0.3, 0.4) is 0 Å². The fourth-order valence-corrected chi connectivity index (χ4v) is 1.41. The van der Waals surface area contributed by atoms with Crippen LogP contribution in [0.15, 0.2) is 30.6 Å². The highest BCUT2D eigenvalue weighted by atomic mass is 35.5. The van der Waals surface area contributed by atoms with Gasteiger partial charge in [0.05, 0.1) is 12.2 Å². The number of nitrogens with zero attached hydrogens (tertiary/aromatic N) is 3. The Morgan fingerprint density at radius 3 is 3.00 bits per heavy atom. The van der Waals surface area contributed by atoms with E-state index >= 15 is 0 Å². The molecule has 2 rings (SSSR count). The number of rotatable bonds is 2. The van der Waals surface area contributed by atoms with Gasteiger partial charge in [-0.25, -0.2) is 9.67 Å². The maximum atomic E-state index is 5.86. The molecule has 0 aliphatic heterocycles. The number of benzene rings is 1. The Kier molecular flexibility index (Phi) is 2.47. The predicted octanol–water partition coefficient (Wildman–Crippen LogP) is 1.38. The van der Waals surface area contributed by atoms with Gasteiger partial charge in [0.25, 0.3) is 0 Å². The van der Waals surface area contributed by atoms with E-state index in [1.54, 1.807) is 4.68 Å². The highest BCUT2D eigenvalue weighted by Crippen LogP contribution is 2.14. The average molecular weight is 209 g/mol. The highest BCUT2D eigenvalue weighted by Gasteiger charge is 2.04. The normalized spacial score (nSPS) is 10.4. The monoisotopic (exact) mass is 208 g/mol. The molecule has 1 aromatic carbocycles. The van der Waals surface area contributed by atoms with Crippen molar-refractivity contribution in [3.8, 4) is 5.69 Å². The summed E-state index contributed by atoms with van der Waals surface area (Å²) < 4.78 is 1.67. The zero-order chi connectivity index (χ0) is 9.97. The van der Waals surface area contributed by atoms with E-state index < -0.39 is 0 Å². The molecule has 0 aliphatic carbocycles. The Hall–Kier alpha value is -1.39. The molecule has 1 heterocycles. The second kappa shape index (κ2) is 3.77. The minimum absolute atomic E-state index is 0.354. The molecular weight excluding hydrogens is 200 g/mol. The van der Waals surface area contributed by atoms with Crippen molar-refractivity contribution in [2.45, 2.75) is 6.54 Å². The predicted molar refractivity (Wildman–Crippen MR) is 54.3 cm³/mol. The largest absolute Gasteiger partial charge is 0.324 e. The van der Waals surface area contributed by atoms with Gasteiger partial charge in [-0.3, -0.25) is 0 Å². The van der Waals surface area contributed by atoms with Gasteiger partial charge in [0, 0.05) is 5.02 Å². The first-order valence-electron chi connectivity index (χ1n) is 4.16. The average Bonchev–Trinajstić information content (AvgIpc) is 2.65. The molecule has 0 saturated carbocycles. The van der Waals surface area contributed by atoms with E-state index in [9.17, 15) is 0 Å². The molecule has 2 aromatic rings. The third-order valence-corrected chi connectivity index (χ3v) is 2.09. The molecule has 0 atom stereocenters. The molecule has 4 nitrogen and oxygen atoms in total. The highest BCUT2D eigenvalue weighted by molar-refractivity contribution is 6.30. The van der Waals surface area contributed by atoms with E-state index in [-0.39, 0.29) is 0 Å². The Bertz CT molecular complexity index is 438. The molecule has 0 bridgehead atoms. The molecule has 0 fully saturated rings. The van der Waals surface area contributed by atoms with Gasteiger partial charge >= 0.3 is 0 Å². The van der Waals surface area contributed by atoms with Crippen molar-refractivity contribution in [1.29, 1.82) is 0 Å². The molecule has 1 aromatic heterocycles. The van der Waals surface area contributed by atoms with Crippen molar-refractivity contribution in [2.75, 3.05) is 0 Å². The van der Waals surface area contributed by atoms with Crippen LogP contribution in [-0.4, -0.2) is 14.8 Å². The SMILES string of the molecule is NCc1ncnn1-c1cccc(Cl)c1. The lowest BCUT2D eigenvalue weighted by molar-refractivity contribution is 0.790. The molecule has 0 aliphatic rings. The number of hydrogen-bond donors (Lipinski definition) is 1. The van der Waals surface area contributed by atoms with E-state index in [4.69, 9.17) is 17.3 Å². The van der Waals surface area contributed by atoms with Crippen molar-refractivity contribution in [2.24, 2.45) is 5.73 Å². The van der Waals surface area contributed by atoms with E-state index in [1.807, 2.05) is 24.3 Å². The molecule has 0 spiro atoms. The van der Waals surface area contributed by atoms with Crippen LogP contribution in [0, 0.1) is 0 Å². The number of halogens is 1. The van der Waals surface area contributed by atoms with Gasteiger partial charge in [-0.15, -0.1) is 0 Å². The quantitative estimate of drug-likeness (QED) is 0.811. The first kappa shape index (κ1) is 9.18. The molecule has 0 amide bonds. The third kappa shape index (κ3) is 1.62. The first-order chi connectivity index (χ1) is 6.81. The lowest BCUT2D eigenvalue weighted by atomic mass is 10.3. The fraction of sp³-hybridized carbons (Fsp3) is 0.111. The van der Waals surface area contributed by atoms with Gasteiger partial charge in [0.15, 0.2) is 0 Å². The lowest BCUT2D eigenvalue weighted by Gasteiger charge is -2.03. The van der Waals surface area contributed by atoms with Gasteiger partial charge in [-0.1, -0.05) is 17.7 Å². The number of nitrogens with two attached hydrogens (primary N) is 1. The zero-order valence-corrected chi connectivity index (χ0v) is 8.15. The minimum atomic E-state index is 0.354. The zero-order valence-electron chi connectivity index (χ0n) is 7.39. The second-order valence-corrected chi connectivity index (χ2v) is 3.21. The van der Waals surface area contributed by atoms with E-state index in [0.717, 1.165) is 5.69 Å². The Morgan fingerprint density at radius 2 is 2.29 bits per heavy atom. The van der Waals surface area contributed by atoms with Gasteiger partial charge in [0.2, 0.25) is 0 Å². The summed E-state index contributed by atoms with van der Waals surface area (Å²) in [6.45, 7) is 0.354. The molecule has 0 unspecified atom stereocenters. The van der Waals surface area contributed by atoms with Gasteiger partial charge in [-0.05, 0) is 18.2 Å². The van der Waals surface area contributed by atoms with Crippen molar-refractivity contribution >= 4 is 11.6 Å². The maximum absolute atomic E-state index is 5.86. The van der Waals surface area contributed by atoms with Crippen LogP contribution in [0.2, 0.25) is 5.02 Å². The number of hydrogen-bond acceptors (Lipinski definition) is 3. The van der Waals surface area contributed by atoms with Crippen LogP contribution in [-0.2, 0) is 6.54 Å². The molecule has 14 heavy (non-hydrogen) atoms. The summed E-state index contributed by atoms with van der Waals surface area (Å²) in [6, 6.07) is 7.39. The first-order valence-corrected chi connectivity index (χ1v) is 4.54. The molecule has 2 N–H and O–H groups in total. The van der Waals surface area contributed by atoms with Crippen molar-refractivity contribution in [3.05, 3.63) is 41.4 Å². The van der Waals surface area contributed by atoms with Crippen molar-refractivity contribution in [3.63, 3.8) is 0 Å². The summed E-state index contributed by atoms with van der Waals surface area (Å²) in [4.78, 5) is 4.02. The maximum Gasteiger partial charge on any atom is 0.145 e. The van der Waals surface area contributed by atoms with Gasteiger partial charge < -0.3 is 5.73 Å². The molecule has 0 radical (unpaired) electrons. The molecule has 0 saturated heterocycles. The summed E-state index contributed by atoms with van der Waals surface area (Å²) in [6.07, 6.45) is 1.48. The van der Waals surface area contributed by atoms with Crippen LogP contribution in [0.25, 0.3) is 5.69 Å². The van der Waals surface area contributed by atoms with E-state index in [1.165, 1.54) is 6.33 Å². The van der Waals surface area contributed by atoms with Gasteiger partial charge in [-0.2, -0.15) is 5.10 Å². The molecule has 72 valence electrons. The van der Waals surface area contributed by atoms with Crippen LogP contribution in [0.5, 0.6) is 0 Å². The van der Waals surface area contributed by atoms with Crippen LogP contribution in [0.1, 0.15) is 5.82 Å². The van der Waals surface area contributed by atoms with E-state index in [0.29, 0.717) is 17.4 Å². The lowest BCUT2D eigenvalue weighted by Crippen LogP contribution is -2.07. The molecule has 5 heteroatoms. The minimum Gasteiger partial charge on any atom is -0.324 e. The van der Waals surface area contributed by atoms with Crippen LogP contribution < -0.4 is 5.73 Å². The second-order valence-electron chi connectivity index (χ2n) is 2.77. The standard InChI is InChI=1S/C9H9ClN4/c10-7-2-1-3-8(4-7)14-9(5-11)12-6-13-14/h1-4,6H,5,11H2. The van der Waals surface area contributed by atoms with E-state index in [2.05, 4.69) is 10.1 Å². The Balaban J connectivity index is 2.49. The van der Waals surface area contributed by atoms with Crippen LogP contribution >= 0.6 is 11.6 Å². The summed E-state index contributed by atoms with van der Waals surface area (Å²) in [5, 5.41) is 4.73. The summed E-state index contributed by atoms with van der Waals surface area (Å²) in [5.41, 5.74) is 6.38. The summed E-state index contributed by atoms with van der Waals surface area (Å²) in [5.74, 6) is 0.715. The smallest absolute Gasteiger partial charge is 0.145 e.